The SMILES string of the molecule is CC(C)(C)OC(=O)Nc1ccoc1. The Kier molecular flexibility index (Phi) is 2.60. The average molecular weight is 183 g/mol. The topological polar surface area (TPSA) is 51.5 Å². The van der Waals surface area contributed by atoms with Crippen molar-refractivity contribution in [2.45, 2.75) is 26.4 Å². The van der Waals surface area contributed by atoms with Gasteiger partial charge in [0.05, 0.1) is 12.0 Å². The Morgan fingerprint density at radius 3 is 2.69 bits per heavy atom. The molecule has 4 heteroatoms. The molecule has 0 atom stereocenters. The van der Waals surface area contributed by atoms with Crippen LogP contribution in [0.1, 0.15) is 20.8 Å². The average Bonchev–Trinajstić information content (AvgIpc) is 2.34. The molecular weight excluding hydrogens is 170 g/mol. The Balaban J connectivity index is 2.43. The molecule has 0 spiro atoms. The zero-order valence-corrected chi connectivity index (χ0v) is 7.96. The van der Waals surface area contributed by atoms with E-state index in [1.54, 1.807) is 6.07 Å². The van der Waals surface area contributed by atoms with Crippen LogP contribution >= 0.6 is 0 Å². The van der Waals surface area contributed by atoms with Crippen molar-refractivity contribution in [3.63, 3.8) is 0 Å². The van der Waals surface area contributed by atoms with Crippen molar-refractivity contribution < 1.29 is 13.9 Å². The van der Waals surface area contributed by atoms with Crippen molar-refractivity contribution in [1.82, 2.24) is 0 Å². The molecule has 0 radical (unpaired) electrons. The summed E-state index contributed by atoms with van der Waals surface area (Å²) in [7, 11) is 0. The van der Waals surface area contributed by atoms with Gasteiger partial charge in [0.25, 0.3) is 0 Å². The van der Waals surface area contributed by atoms with E-state index in [-0.39, 0.29) is 0 Å². The van der Waals surface area contributed by atoms with Gasteiger partial charge >= 0.3 is 6.09 Å². The third kappa shape index (κ3) is 3.64. The number of hydrogen-bond acceptors (Lipinski definition) is 3. The van der Waals surface area contributed by atoms with Crippen LogP contribution in [0.15, 0.2) is 23.0 Å². The van der Waals surface area contributed by atoms with Gasteiger partial charge in [-0.2, -0.15) is 0 Å². The standard InChI is InChI=1S/C9H13NO3/c1-9(2,3)13-8(11)10-7-4-5-12-6-7/h4-6H,1-3H3,(H,10,11). The van der Waals surface area contributed by atoms with Gasteiger partial charge in [0.2, 0.25) is 0 Å². The van der Waals surface area contributed by atoms with Crippen molar-refractivity contribution in [2.75, 3.05) is 5.32 Å². The van der Waals surface area contributed by atoms with E-state index in [9.17, 15) is 4.79 Å². The molecule has 0 aliphatic heterocycles. The fourth-order valence-corrected chi connectivity index (χ4v) is 0.757. The van der Waals surface area contributed by atoms with Gasteiger partial charge in [-0.25, -0.2) is 4.79 Å². The van der Waals surface area contributed by atoms with E-state index in [0.29, 0.717) is 5.69 Å². The Morgan fingerprint density at radius 2 is 2.23 bits per heavy atom. The molecule has 1 aromatic heterocycles. The lowest BCUT2D eigenvalue weighted by Gasteiger charge is -2.19. The van der Waals surface area contributed by atoms with Crippen molar-refractivity contribution in [3.05, 3.63) is 18.6 Å². The summed E-state index contributed by atoms with van der Waals surface area (Å²) in [5.74, 6) is 0. The highest BCUT2D eigenvalue weighted by Gasteiger charge is 2.16. The van der Waals surface area contributed by atoms with E-state index in [1.807, 2.05) is 20.8 Å². The molecule has 13 heavy (non-hydrogen) atoms. The zero-order valence-electron chi connectivity index (χ0n) is 7.96. The monoisotopic (exact) mass is 183 g/mol. The van der Waals surface area contributed by atoms with E-state index in [1.165, 1.54) is 12.5 Å². The van der Waals surface area contributed by atoms with E-state index >= 15 is 0 Å². The predicted octanol–water partition coefficient (Wildman–Crippen LogP) is 2.63. The number of rotatable bonds is 1. The maximum Gasteiger partial charge on any atom is 0.412 e. The minimum absolute atomic E-state index is 0.478. The lowest BCUT2D eigenvalue weighted by atomic mass is 10.2. The molecule has 0 saturated heterocycles. The maximum absolute atomic E-state index is 11.2. The molecular formula is C9H13NO3. The summed E-state index contributed by atoms with van der Waals surface area (Å²) >= 11 is 0. The highest BCUT2D eigenvalue weighted by Crippen LogP contribution is 2.11. The molecule has 1 rings (SSSR count). The fraction of sp³-hybridized carbons (Fsp3) is 0.444. The number of ether oxygens (including phenoxy) is 1. The van der Waals surface area contributed by atoms with Crippen LogP contribution in [0.3, 0.4) is 0 Å². The number of nitrogens with one attached hydrogen (secondary N) is 1. The molecule has 0 fully saturated rings. The first-order chi connectivity index (χ1) is 5.97. The second-order valence-corrected chi connectivity index (χ2v) is 3.64. The largest absolute Gasteiger partial charge is 0.470 e. The molecule has 72 valence electrons. The third-order valence-electron chi connectivity index (χ3n) is 1.17. The van der Waals surface area contributed by atoms with Gasteiger partial charge in [-0.15, -0.1) is 0 Å². The number of carbonyl (C=O) groups is 1. The van der Waals surface area contributed by atoms with Crippen LogP contribution in [0.5, 0.6) is 0 Å². The number of anilines is 1. The summed E-state index contributed by atoms with van der Waals surface area (Å²) in [6.07, 6.45) is 2.44. The highest BCUT2D eigenvalue weighted by molar-refractivity contribution is 5.84. The van der Waals surface area contributed by atoms with Crippen LogP contribution in [-0.4, -0.2) is 11.7 Å². The van der Waals surface area contributed by atoms with Gasteiger partial charge in [0, 0.05) is 6.07 Å². The fourth-order valence-electron chi connectivity index (χ4n) is 0.757. The Morgan fingerprint density at radius 1 is 1.54 bits per heavy atom. The van der Waals surface area contributed by atoms with Gasteiger partial charge in [0.15, 0.2) is 0 Å². The normalized spacial score (nSPS) is 11.0. The van der Waals surface area contributed by atoms with E-state index in [2.05, 4.69) is 5.32 Å². The van der Waals surface area contributed by atoms with Gasteiger partial charge in [-0.1, -0.05) is 0 Å². The summed E-state index contributed by atoms with van der Waals surface area (Å²) in [6.45, 7) is 5.42. The van der Waals surface area contributed by atoms with Crippen LogP contribution in [0.4, 0.5) is 10.5 Å². The number of furan rings is 1. The van der Waals surface area contributed by atoms with Gasteiger partial charge in [-0.3, -0.25) is 5.32 Å². The Hall–Kier alpha value is -1.45. The van der Waals surface area contributed by atoms with Crippen LogP contribution in [0.25, 0.3) is 0 Å². The Bertz CT molecular complexity index is 272. The molecule has 0 aromatic carbocycles. The maximum atomic E-state index is 11.2. The van der Waals surface area contributed by atoms with Crippen molar-refractivity contribution >= 4 is 11.8 Å². The predicted molar refractivity (Wildman–Crippen MR) is 48.6 cm³/mol. The number of amides is 1. The first-order valence-electron chi connectivity index (χ1n) is 3.99. The van der Waals surface area contributed by atoms with E-state index in [4.69, 9.17) is 9.15 Å². The smallest absolute Gasteiger partial charge is 0.412 e. The quantitative estimate of drug-likeness (QED) is 0.728. The minimum Gasteiger partial charge on any atom is -0.470 e. The number of hydrogen-bond donors (Lipinski definition) is 1. The molecule has 1 amide bonds. The second-order valence-electron chi connectivity index (χ2n) is 3.64. The molecule has 1 heterocycles. The third-order valence-corrected chi connectivity index (χ3v) is 1.17. The summed E-state index contributed by atoms with van der Waals surface area (Å²) in [4.78, 5) is 11.2. The van der Waals surface area contributed by atoms with Crippen molar-refractivity contribution in [3.8, 4) is 0 Å². The first-order valence-corrected chi connectivity index (χ1v) is 3.99. The summed E-state index contributed by atoms with van der Waals surface area (Å²) in [6, 6.07) is 1.64. The lowest BCUT2D eigenvalue weighted by molar-refractivity contribution is 0.0636. The Labute approximate surface area is 76.9 Å². The van der Waals surface area contributed by atoms with Crippen LogP contribution < -0.4 is 5.32 Å². The molecule has 4 nitrogen and oxygen atoms in total. The van der Waals surface area contributed by atoms with E-state index < -0.39 is 11.7 Å². The van der Waals surface area contributed by atoms with Crippen LogP contribution in [-0.2, 0) is 4.74 Å². The molecule has 0 aliphatic carbocycles. The van der Waals surface area contributed by atoms with E-state index in [0.717, 1.165) is 0 Å². The number of carbonyl (C=O) groups excluding carboxylic acids is 1. The van der Waals surface area contributed by atoms with Crippen molar-refractivity contribution in [2.24, 2.45) is 0 Å². The summed E-state index contributed by atoms with van der Waals surface area (Å²) in [5.41, 5.74) is 0.114. The van der Waals surface area contributed by atoms with Gasteiger partial charge in [-0.05, 0) is 20.8 Å². The minimum atomic E-state index is -0.478. The lowest BCUT2D eigenvalue weighted by Crippen LogP contribution is -2.27. The molecule has 0 saturated carbocycles. The molecule has 1 aromatic rings. The van der Waals surface area contributed by atoms with Crippen molar-refractivity contribution in [1.29, 1.82) is 0 Å². The van der Waals surface area contributed by atoms with Gasteiger partial charge < -0.3 is 9.15 Å². The van der Waals surface area contributed by atoms with Crippen LogP contribution in [0, 0.1) is 0 Å². The second kappa shape index (κ2) is 3.51. The van der Waals surface area contributed by atoms with Crippen LogP contribution in [0.2, 0.25) is 0 Å². The summed E-state index contributed by atoms with van der Waals surface area (Å²) < 4.78 is 9.79. The first kappa shape index (κ1) is 9.64. The zero-order chi connectivity index (χ0) is 9.90. The van der Waals surface area contributed by atoms with Gasteiger partial charge in [0.1, 0.15) is 11.9 Å². The highest BCUT2D eigenvalue weighted by atomic mass is 16.6. The molecule has 1 N–H and O–H groups in total. The molecule has 0 unspecified atom stereocenters. The molecule has 0 bridgehead atoms. The summed E-state index contributed by atoms with van der Waals surface area (Å²) in [5, 5.41) is 2.52. The molecule has 0 aliphatic rings.